The number of halogens is 1. The first-order chi connectivity index (χ1) is 11.2. The zero-order valence-electron chi connectivity index (χ0n) is 12.7. The highest BCUT2D eigenvalue weighted by molar-refractivity contribution is 6.32. The number of aromatic amines is 1. The maximum absolute atomic E-state index is 6.08. The molecule has 0 aliphatic carbocycles. The molecule has 0 spiro atoms. The highest BCUT2D eigenvalue weighted by atomic mass is 35.5. The van der Waals surface area contributed by atoms with Crippen molar-refractivity contribution in [1.82, 2.24) is 30.4 Å². The van der Waals surface area contributed by atoms with Crippen LogP contribution in [-0.4, -0.2) is 50.0 Å². The summed E-state index contributed by atoms with van der Waals surface area (Å²) in [6.45, 7) is 4.40. The van der Waals surface area contributed by atoms with Crippen LogP contribution in [0.5, 0.6) is 0 Å². The lowest BCUT2D eigenvalue weighted by Crippen LogP contribution is -2.26. The number of anilines is 1. The van der Waals surface area contributed by atoms with E-state index in [0.717, 1.165) is 25.3 Å². The fourth-order valence-electron chi connectivity index (χ4n) is 2.34. The number of hydrogen-bond acceptors (Lipinski definition) is 7. The van der Waals surface area contributed by atoms with Gasteiger partial charge < -0.3 is 10.6 Å². The molecule has 3 N–H and O–H groups in total. The van der Waals surface area contributed by atoms with Gasteiger partial charge in [-0.3, -0.25) is 5.10 Å². The van der Waals surface area contributed by atoms with Crippen molar-refractivity contribution >= 4 is 28.6 Å². The standard InChI is InChI=1S/C14H17ClN8/c1-2-23(7-3-5-16)10-8-17-12-11(20-22-14(12)19-10)9-4-6-18-21-13(9)15/h4,6,8H,2-3,5,7,16H2,1H3,(H,19,20,22). The second kappa shape index (κ2) is 6.84. The molecule has 9 heteroatoms. The molecule has 0 aromatic carbocycles. The van der Waals surface area contributed by atoms with Gasteiger partial charge in [0.2, 0.25) is 0 Å². The second-order valence-corrected chi connectivity index (χ2v) is 5.31. The van der Waals surface area contributed by atoms with Crippen LogP contribution in [0.15, 0.2) is 18.5 Å². The van der Waals surface area contributed by atoms with Gasteiger partial charge in [0.1, 0.15) is 17.0 Å². The Morgan fingerprint density at radius 1 is 1.39 bits per heavy atom. The Morgan fingerprint density at radius 3 is 3.00 bits per heavy atom. The minimum atomic E-state index is 0.282. The van der Waals surface area contributed by atoms with Crippen molar-refractivity contribution in [2.24, 2.45) is 5.73 Å². The molecule has 3 rings (SSSR count). The Kier molecular flexibility index (Phi) is 4.63. The summed E-state index contributed by atoms with van der Waals surface area (Å²) in [5.41, 5.74) is 8.13. The van der Waals surface area contributed by atoms with Gasteiger partial charge in [-0.15, -0.1) is 5.10 Å². The van der Waals surface area contributed by atoms with Crippen LogP contribution >= 0.6 is 11.6 Å². The summed E-state index contributed by atoms with van der Waals surface area (Å²) >= 11 is 6.08. The first-order valence-corrected chi connectivity index (χ1v) is 7.76. The third-order valence-corrected chi connectivity index (χ3v) is 3.81. The Bertz CT molecular complexity index is 802. The predicted octanol–water partition coefficient (Wildman–Crippen LogP) is 1.64. The maximum Gasteiger partial charge on any atom is 0.177 e. The first kappa shape index (κ1) is 15.6. The zero-order chi connectivity index (χ0) is 16.2. The van der Waals surface area contributed by atoms with E-state index in [-0.39, 0.29) is 5.15 Å². The van der Waals surface area contributed by atoms with E-state index in [9.17, 15) is 0 Å². The fraction of sp³-hybridized carbons (Fsp3) is 0.357. The molecule has 0 aliphatic heterocycles. The van der Waals surface area contributed by atoms with Gasteiger partial charge in [-0.1, -0.05) is 11.6 Å². The Hall–Kier alpha value is -2.32. The summed E-state index contributed by atoms with van der Waals surface area (Å²) in [6, 6.07) is 1.75. The van der Waals surface area contributed by atoms with E-state index in [1.54, 1.807) is 18.5 Å². The minimum Gasteiger partial charge on any atom is -0.355 e. The van der Waals surface area contributed by atoms with E-state index in [4.69, 9.17) is 17.3 Å². The highest BCUT2D eigenvalue weighted by Gasteiger charge is 2.16. The maximum atomic E-state index is 6.08. The molecule has 0 saturated heterocycles. The van der Waals surface area contributed by atoms with Gasteiger partial charge in [0.05, 0.1) is 12.4 Å². The normalized spacial score (nSPS) is 11.1. The average Bonchev–Trinajstić information content (AvgIpc) is 2.99. The van der Waals surface area contributed by atoms with E-state index < -0.39 is 0 Å². The molecule has 0 amide bonds. The highest BCUT2D eigenvalue weighted by Crippen LogP contribution is 2.28. The summed E-state index contributed by atoms with van der Waals surface area (Å²) in [5.74, 6) is 0.794. The number of rotatable bonds is 6. The van der Waals surface area contributed by atoms with Gasteiger partial charge in [0.15, 0.2) is 10.8 Å². The number of H-pyrrole nitrogens is 1. The van der Waals surface area contributed by atoms with Crippen LogP contribution in [0.3, 0.4) is 0 Å². The van der Waals surface area contributed by atoms with E-state index in [0.29, 0.717) is 29.0 Å². The summed E-state index contributed by atoms with van der Waals surface area (Å²) < 4.78 is 0. The van der Waals surface area contributed by atoms with Gasteiger partial charge in [0.25, 0.3) is 0 Å². The molecule has 23 heavy (non-hydrogen) atoms. The third-order valence-electron chi connectivity index (χ3n) is 3.53. The number of aromatic nitrogens is 6. The van der Waals surface area contributed by atoms with Crippen molar-refractivity contribution < 1.29 is 0 Å². The summed E-state index contributed by atoms with van der Waals surface area (Å²) in [6.07, 6.45) is 4.21. The number of nitrogens with zero attached hydrogens (tertiary/aromatic N) is 6. The SMILES string of the molecule is CCN(CCCN)c1cnc2c(-c3ccnnc3Cl)n[nH]c2n1. The predicted molar refractivity (Wildman–Crippen MR) is 89.3 cm³/mol. The number of fused-ring (bicyclic) bond motifs is 1. The van der Waals surface area contributed by atoms with E-state index in [2.05, 4.69) is 42.2 Å². The van der Waals surface area contributed by atoms with Gasteiger partial charge >= 0.3 is 0 Å². The fourth-order valence-corrected chi connectivity index (χ4v) is 2.54. The van der Waals surface area contributed by atoms with Crippen molar-refractivity contribution in [2.45, 2.75) is 13.3 Å². The number of hydrogen-bond donors (Lipinski definition) is 2. The van der Waals surface area contributed by atoms with Crippen molar-refractivity contribution in [2.75, 3.05) is 24.5 Å². The van der Waals surface area contributed by atoms with Crippen LogP contribution in [0.4, 0.5) is 5.82 Å². The van der Waals surface area contributed by atoms with Gasteiger partial charge in [-0.05, 0) is 26.0 Å². The monoisotopic (exact) mass is 332 g/mol. The van der Waals surface area contributed by atoms with Crippen LogP contribution in [0.1, 0.15) is 13.3 Å². The summed E-state index contributed by atoms with van der Waals surface area (Å²) in [5, 5.41) is 15.0. The van der Waals surface area contributed by atoms with Gasteiger partial charge in [-0.2, -0.15) is 10.2 Å². The number of nitrogens with one attached hydrogen (secondary N) is 1. The Balaban J connectivity index is 1.99. The van der Waals surface area contributed by atoms with Crippen LogP contribution < -0.4 is 10.6 Å². The largest absolute Gasteiger partial charge is 0.355 e. The van der Waals surface area contributed by atoms with Crippen LogP contribution in [0.2, 0.25) is 5.15 Å². The quantitative estimate of drug-likeness (QED) is 0.706. The van der Waals surface area contributed by atoms with Crippen molar-refractivity contribution in [3.05, 3.63) is 23.6 Å². The first-order valence-electron chi connectivity index (χ1n) is 7.38. The molecule has 3 aromatic heterocycles. The van der Waals surface area contributed by atoms with Gasteiger partial charge in [0, 0.05) is 18.7 Å². The molecule has 0 aliphatic rings. The molecule has 0 fully saturated rings. The lowest BCUT2D eigenvalue weighted by Gasteiger charge is -2.20. The lowest BCUT2D eigenvalue weighted by molar-refractivity contribution is 0.744. The zero-order valence-corrected chi connectivity index (χ0v) is 13.5. The molecule has 0 unspecified atom stereocenters. The molecular weight excluding hydrogens is 316 g/mol. The topological polar surface area (TPSA) is 110 Å². The van der Waals surface area contributed by atoms with E-state index in [1.165, 1.54) is 0 Å². The van der Waals surface area contributed by atoms with Crippen LogP contribution in [-0.2, 0) is 0 Å². The molecule has 0 saturated carbocycles. The minimum absolute atomic E-state index is 0.282. The molecule has 120 valence electrons. The molecule has 0 bridgehead atoms. The van der Waals surface area contributed by atoms with E-state index in [1.807, 2.05) is 0 Å². The Labute approximate surface area is 138 Å². The van der Waals surface area contributed by atoms with Crippen molar-refractivity contribution in [3.63, 3.8) is 0 Å². The molecule has 0 atom stereocenters. The van der Waals surface area contributed by atoms with E-state index >= 15 is 0 Å². The molecule has 3 heterocycles. The number of nitrogens with two attached hydrogens (primary N) is 1. The van der Waals surface area contributed by atoms with Crippen molar-refractivity contribution in [3.8, 4) is 11.3 Å². The molecular formula is C14H17ClN8. The van der Waals surface area contributed by atoms with Crippen LogP contribution in [0, 0.1) is 0 Å². The molecule has 0 radical (unpaired) electrons. The van der Waals surface area contributed by atoms with Crippen LogP contribution in [0.25, 0.3) is 22.4 Å². The molecule has 8 nitrogen and oxygen atoms in total. The van der Waals surface area contributed by atoms with Crippen molar-refractivity contribution in [1.29, 1.82) is 0 Å². The van der Waals surface area contributed by atoms with Gasteiger partial charge in [-0.25, -0.2) is 9.97 Å². The lowest BCUT2D eigenvalue weighted by atomic mass is 10.2. The molecule has 3 aromatic rings. The average molecular weight is 333 g/mol. The Morgan fingerprint density at radius 2 is 2.26 bits per heavy atom. The smallest absolute Gasteiger partial charge is 0.177 e. The second-order valence-electron chi connectivity index (χ2n) is 4.96. The third kappa shape index (κ3) is 3.08. The summed E-state index contributed by atoms with van der Waals surface area (Å²) in [7, 11) is 0. The summed E-state index contributed by atoms with van der Waals surface area (Å²) in [4.78, 5) is 11.2.